The standard InChI is InChI=1S/C17H11F6N3/c1-9-7-11(10-5-3-2-4-6-10)8-24-13(9)14-12(16(18,19)20)15(26-25-14)17(21,22)23/h2-8H,1H3,(H,25,26). The van der Waals surface area contributed by atoms with Crippen LogP contribution in [-0.4, -0.2) is 15.2 Å². The highest BCUT2D eigenvalue weighted by molar-refractivity contribution is 5.70. The van der Waals surface area contributed by atoms with Gasteiger partial charge in [0, 0.05) is 11.8 Å². The number of H-pyrrole nitrogens is 1. The first-order valence-corrected chi connectivity index (χ1v) is 7.34. The molecular weight excluding hydrogens is 360 g/mol. The van der Waals surface area contributed by atoms with Gasteiger partial charge in [0.1, 0.15) is 11.3 Å². The second kappa shape index (κ2) is 6.15. The Bertz CT molecular complexity index is 926. The summed E-state index contributed by atoms with van der Waals surface area (Å²) in [5.74, 6) is 0. The van der Waals surface area contributed by atoms with E-state index in [1.54, 1.807) is 36.4 Å². The fourth-order valence-electron chi connectivity index (χ4n) is 2.61. The van der Waals surface area contributed by atoms with E-state index in [4.69, 9.17) is 0 Å². The molecule has 136 valence electrons. The van der Waals surface area contributed by atoms with Crippen molar-refractivity contribution in [2.24, 2.45) is 0 Å². The lowest BCUT2D eigenvalue weighted by Crippen LogP contribution is -2.16. The highest BCUT2D eigenvalue weighted by Gasteiger charge is 2.48. The van der Waals surface area contributed by atoms with Gasteiger partial charge in [0.05, 0.1) is 5.69 Å². The Morgan fingerprint density at radius 1 is 0.846 bits per heavy atom. The minimum atomic E-state index is -5.24. The molecule has 3 rings (SSSR count). The lowest BCUT2D eigenvalue weighted by Gasteiger charge is -2.12. The molecule has 9 heteroatoms. The topological polar surface area (TPSA) is 41.6 Å². The van der Waals surface area contributed by atoms with Gasteiger partial charge in [-0.3, -0.25) is 10.1 Å². The molecule has 0 spiro atoms. The summed E-state index contributed by atoms with van der Waals surface area (Å²) >= 11 is 0. The zero-order chi connectivity index (χ0) is 19.1. The number of hydrogen-bond acceptors (Lipinski definition) is 2. The van der Waals surface area contributed by atoms with Crippen molar-refractivity contribution in [1.29, 1.82) is 0 Å². The highest BCUT2D eigenvalue weighted by atomic mass is 19.4. The van der Waals surface area contributed by atoms with E-state index in [1.807, 2.05) is 0 Å². The van der Waals surface area contributed by atoms with Gasteiger partial charge in [-0.1, -0.05) is 30.3 Å². The van der Waals surface area contributed by atoms with E-state index in [0.29, 0.717) is 5.56 Å². The molecule has 0 aliphatic rings. The number of benzene rings is 1. The van der Waals surface area contributed by atoms with E-state index in [9.17, 15) is 26.3 Å². The van der Waals surface area contributed by atoms with Crippen molar-refractivity contribution in [3.8, 4) is 22.5 Å². The van der Waals surface area contributed by atoms with E-state index in [0.717, 1.165) is 5.56 Å². The Morgan fingerprint density at radius 2 is 1.50 bits per heavy atom. The molecule has 0 aliphatic heterocycles. The van der Waals surface area contributed by atoms with Crippen LogP contribution in [0, 0.1) is 6.92 Å². The van der Waals surface area contributed by atoms with Crippen LogP contribution >= 0.6 is 0 Å². The molecule has 2 heterocycles. The normalized spacial score (nSPS) is 12.4. The summed E-state index contributed by atoms with van der Waals surface area (Å²) in [5, 5.41) is 4.71. The Labute approximate surface area is 143 Å². The van der Waals surface area contributed by atoms with Gasteiger partial charge >= 0.3 is 12.4 Å². The molecule has 0 radical (unpaired) electrons. The third-order valence-electron chi connectivity index (χ3n) is 3.74. The van der Waals surface area contributed by atoms with Crippen LogP contribution in [-0.2, 0) is 12.4 Å². The number of aromatic nitrogens is 3. The van der Waals surface area contributed by atoms with E-state index in [-0.39, 0.29) is 11.3 Å². The van der Waals surface area contributed by atoms with Crippen molar-refractivity contribution < 1.29 is 26.3 Å². The Morgan fingerprint density at radius 3 is 2.04 bits per heavy atom. The van der Waals surface area contributed by atoms with Crippen LogP contribution in [0.15, 0.2) is 42.6 Å². The van der Waals surface area contributed by atoms with Crippen molar-refractivity contribution >= 4 is 0 Å². The van der Waals surface area contributed by atoms with Crippen LogP contribution < -0.4 is 0 Å². The van der Waals surface area contributed by atoms with Gasteiger partial charge in [-0.05, 0) is 24.1 Å². The maximum absolute atomic E-state index is 13.2. The van der Waals surface area contributed by atoms with Crippen LogP contribution in [0.25, 0.3) is 22.5 Å². The molecule has 0 aliphatic carbocycles. The average Bonchev–Trinajstić information content (AvgIpc) is 3.01. The molecule has 0 atom stereocenters. The molecule has 0 amide bonds. The molecule has 0 saturated heterocycles. The molecule has 2 aromatic heterocycles. The number of nitrogens with zero attached hydrogens (tertiary/aromatic N) is 2. The highest BCUT2D eigenvalue weighted by Crippen LogP contribution is 2.44. The number of nitrogens with one attached hydrogen (secondary N) is 1. The molecule has 3 nitrogen and oxygen atoms in total. The van der Waals surface area contributed by atoms with Gasteiger partial charge in [-0.15, -0.1) is 0 Å². The Kier molecular flexibility index (Phi) is 4.25. The van der Waals surface area contributed by atoms with E-state index in [1.165, 1.54) is 18.2 Å². The smallest absolute Gasteiger partial charge is 0.272 e. The molecule has 0 unspecified atom stereocenters. The zero-order valence-corrected chi connectivity index (χ0v) is 13.2. The van der Waals surface area contributed by atoms with Gasteiger partial charge < -0.3 is 0 Å². The van der Waals surface area contributed by atoms with Gasteiger partial charge in [0.15, 0.2) is 5.69 Å². The molecule has 1 N–H and O–H groups in total. The predicted molar refractivity (Wildman–Crippen MR) is 82.0 cm³/mol. The molecular formula is C17H11F6N3. The second-order valence-electron chi connectivity index (χ2n) is 5.57. The fourth-order valence-corrected chi connectivity index (χ4v) is 2.61. The molecule has 26 heavy (non-hydrogen) atoms. The molecule has 0 bridgehead atoms. The van der Waals surface area contributed by atoms with E-state index < -0.39 is 29.3 Å². The van der Waals surface area contributed by atoms with Gasteiger partial charge in [-0.2, -0.15) is 31.4 Å². The van der Waals surface area contributed by atoms with Crippen LogP contribution in [0.5, 0.6) is 0 Å². The zero-order valence-electron chi connectivity index (χ0n) is 13.2. The van der Waals surface area contributed by atoms with Crippen molar-refractivity contribution in [3.63, 3.8) is 0 Å². The number of halogens is 6. The summed E-state index contributed by atoms with van der Waals surface area (Å²) in [6.07, 6.45) is -9.15. The first-order chi connectivity index (χ1) is 12.1. The SMILES string of the molecule is Cc1cc(-c2ccccc2)cnc1-c1n[nH]c(C(F)(F)F)c1C(F)(F)F. The third kappa shape index (κ3) is 3.29. The second-order valence-corrected chi connectivity index (χ2v) is 5.57. The van der Waals surface area contributed by atoms with E-state index in [2.05, 4.69) is 10.1 Å². The van der Waals surface area contributed by atoms with Gasteiger partial charge in [0.25, 0.3) is 0 Å². The summed E-state index contributed by atoms with van der Waals surface area (Å²) in [6, 6.07) is 10.5. The number of rotatable bonds is 2. The summed E-state index contributed by atoms with van der Waals surface area (Å²) in [6.45, 7) is 1.47. The summed E-state index contributed by atoms with van der Waals surface area (Å²) in [4.78, 5) is 3.94. The summed E-state index contributed by atoms with van der Waals surface area (Å²) < 4.78 is 78.4. The first kappa shape index (κ1) is 18.0. The first-order valence-electron chi connectivity index (χ1n) is 7.34. The summed E-state index contributed by atoms with van der Waals surface area (Å²) in [7, 11) is 0. The molecule has 0 saturated carbocycles. The van der Waals surface area contributed by atoms with Crippen molar-refractivity contribution in [3.05, 3.63) is 59.4 Å². The van der Waals surface area contributed by atoms with Crippen molar-refractivity contribution in [1.82, 2.24) is 15.2 Å². The van der Waals surface area contributed by atoms with Gasteiger partial charge in [0.2, 0.25) is 0 Å². The quantitative estimate of drug-likeness (QED) is 0.606. The number of aryl methyl sites for hydroxylation is 1. The van der Waals surface area contributed by atoms with Crippen LogP contribution in [0.3, 0.4) is 0 Å². The Balaban J connectivity index is 2.15. The lowest BCUT2D eigenvalue weighted by atomic mass is 10.0. The average molecular weight is 371 g/mol. The lowest BCUT2D eigenvalue weighted by molar-refractivity contribution is -0.163. The van der Waals surface area contributed by atoms with Gasteiger partial charge in [-0.25, -0.2) is 0 Å². The number of alkyl halides is 6. The number of pyridine rings is 1. The number of hydrogen-bond donors (Lipinski definition) is 1. The third-order valence-corrected chi connectivity index (χ3v) is 3.74. The minimum absolute atomic E-state index is 0.260. The predicted octanol–water partition coefficient (Wildman–Crippen LogP) is 5.48. The fraction of sp³-hybridized carbons (Fsp3) is 0.176. The number of aromatic amines is 1. The van der Waals surface area contributed by atoms with Crippen molar-refractivity contribution in [2.45, 2.75) is 19.3 Å². The molecule has 3 aromatic rings. The Hall–Kier alpha value is -2.84. The largest absolute Gasteiger partial charge is 0.433 e. The maximum Gasteiger partial charge on any atom is 0.433 e. The monoisotopic (exact) mass is 371 g/mol. The van der Waals surface area contributed by atoms with Crippen LogP contribution in [0.4, 0.5) is 26.3 Å². The van der Waals surface area contributed by atoms with Crippen molar-refractivity contribution in [2.75, 3.05) is 0 Å². The summed E-state index contributed by atoms with van der Waals surface area (Å²) in [5.41, 5.74) is -3.25. The molecule has 0 fully saturated rings. The van der Waals surface area contributed by atoms with Crippen LogP contribution in [0.2, 0.25) is 0 Å². The minimum Gasteiger partial charge on any atom is -0.272 e. The van der Waals surface area contributed by atoms with E-state index >= 15 is 0 Å². The van der Waals surface area contributed by atoms with Crippen LogP contribution in [0.1, 0.15) is 16.8 Å². The maximum atomic E-state index is 13.2. The molecule has 1 aromatic carbocycles.